The molecule has 0 spiro atoms. The molecule has 0 bridgehead atoms. The van der Waals surface area contributed by atoms with Crippen molar-refractivity contribution in [3.8, 4) is 11.5 Å². The average molecular weight is 265 g/mol. The Morgan fingerprint density at radius 2 is 2.07 bits per heavy atom. The van der Waals surface area contributed by atoms with Crippen molar-refractivity contribution in [3.63, 3.8) is 0 Å². The highest BCUT2D eigenvalue weighted by molar-refractivity contribution is 9.10. The molecule has 0 radical (unpaired) electrons. The van der Waals surface area contributed by atoms with Crippen LogP contribution in [0.25, 0.3) is 11.5 Å². The number of hydrogen-bond donors (Lipinski definition) is 1. The number of nitrogens with zero attached hydrogens (tertiary/aromatic N) is 3. The first-order valence-corrected chi connectivity index (χ1v) is 5.22. The molecule has 0 saturated carbocycles. The Morgan fingerprint density at radius 3 is 2.80 bits per heavy atom. The van der Waals surface area contributed by atoms with Gasteiger partial charge in [-0.1, -0.05) is 0 Å². The van der Waals surface area contributed by atoms with Gasteiger partial charge in [-0.15, -0.1) is 0 Å². The molecule has 15 heavy (non-hydrogen) atoms. The molecule has 0 atom stereocenters. The standard InChI is InChI=1S/C10H9BrN4/c1-12-8-4-6-14-10(15-8)9-7(11)3-2-5-13-9/h2-6H,1H3,(H,12,14,15). The van der Waals surface area contributed by atoms with Crippen LogP contribution in [0.2, 0.25) is 0 Å². The van der Waals surface area contributed by atoms with Crippen LogP contribution in [0.5, 0.6) is 0 Å². The maximum atomic E-state index is 4.31. The normalized spacial score (nSPS) is 10.0. The number of aromatic nitrogens is 3. The molecule has 0 aliphatic heterocycles. The van der Waals surface area contributed by atoms with Gasteiger partial charge in [0.1, 0.15) is 11.5 Å². The van der Waals surface area contributed by atoms with E-state index in [2.05, 4.69) is 36.2 Å². The molecule has 2 heterocycles. The molecule has 76 valence electrons. The lowest BCUT2D eigenvalue weighted by molar-refractivity contribution is 1.13. The summed E-state index contributed by atoms with van der Waals surface area (Å²) in [5, 5.41) is 2.96. The highest BCUT2D eigenvalue weighted by Crippen LogP contribution is 2.22. The number of nitrogens with one attached hydrogen (secondary N) is 1. The fourth-order valence-electron chi connectivity index (χ4n) is 1.16. The number of anilines is 1. The predicted octanol–water partition coefficient (Wildman–Crippen LogP) is 2.34. The van der Waals surface area contributed by atoms with Gasteiger partial charge >= 0.3 is 0 Å². The third-order valence-corrected chi connectivity index (χ3v) is 2.52. The number of pyridine rings is 1. The van der Waals surface area contributed by atoms with Crippen molar-refractivity contribution in [2.75, 3.05) is 12.4 Å². The van der Waals surface area contributed by atoms with Gasteiger partial charge in [-0.3, -0.25) is 4.98 Å². The summed E-state index contributed by atoms with van der Waals surface area (Å²) in [7, 11) is 1.82. The van der Waals surface area contributed by atoms with Crippen molar-refractivity contribution in [1.29, 1.82) is 0 Å². The third-order valence-electron chi connectivity index (χ3n) is 1.88. The minimum absolute atomic E-state index is 0.606. The van der Waals surface area contributed by atoms with Gasteiger partial charge in [0.2, 0.25) is 0 Å². The van der Waals surface area contributed by atoms with E-state index in [0.717, 1.165) is 16.0 Å². The highest BCUT2D eigenvalue weighted by atomic mass is 79.9. The lowest BCUT2D eigenvalue weighted by Crippen LogP contribution is -1.97. The van der Waals surface area contributed by atoms with E-state index in [1.54, 1.807) is 18.5 Å². The Balaban J connectivity index is 2.49. The smallest absolute Gasteiger partial charge is 0.181 e. The van der Waals surface area contributed by atoms with Crippen LogP contribution in [0, 0.1) is 0 Å². The topological polar surface area (TPSA) is 50.7 Å². The van der Waals surface area contributed by atoms with E-state index in [9.17, 15) is 0 Å². The zero-order valence-corrected chi connectivity index (χ0v) is 9.69. The lowest BCUT2D eigenvalue weighted by atomic mass is 10.3. The highest BCUT2D eigenvalue weighted by Gasteiger charge is 2.06. The molecule has 0 aromatic carbocycles. The summed E-state index contributed by atoms with van der Waals surface area (Å²) in [5.41, 5.74) is 0.745. The number of rotatable bonds is 2. The quantitative estimate of drug-likeness (QED) is 0.905. The third kappa shape index (κ3) is 2.12. The maximum Gasteiger partial charge on any atom is 0.181 e. The fourth-order valence-corrected chi connectivity index (χ4v) is 1.59. The fraction of sp³-hybridized carbons (Fsp3) is 0.100. The van der Waals surface area contributed by atoms with Gasteiger partial charge < -0.3 is 5.32 Å². The summed E-state index contributed by atoms with van der Waals surface area (Å²) in [6.07, 6.45) is 3.42. The molecule has 0 saturated heterocycles. The molecule has 0 aliphatic rings. The van der Waals surface area contributed by atoms with Crippen molar-refractivity contribution in [3.05, 3.63) is 35.1 Å². The van der Waals surface area contributed by atoms with E-state index in [0.29, 0.717) is 5.82 Å². The van der Waals surface area contributed by atoms with Crippen LogP contribution in [0.15, 0.2) is 35.1 Å². The van der Waals surface area contributed by atoms with E-state index < -0.39 is 0 Å². The van der Waals surface area contributed by atoms with E-state index >= 15 is 0 Å². The summed E-state index contributed by atoms with van der Waals surface area (Å²) in [6, 6.07) is 5.58. The second kappa shape index (κ2) is 4.35. The Labute approximate surface area is 95.9 Å². The SMILES string of the molecule is CNc1ccnc(-c2ncccc2Br)n1. The van der Waals surface area contributed by atoms with E-state index in [1.165, 1.54) is 0 Å². The van der Waals surface area contributed by atoms with Crippen LogP contribution in [-0.4, -0.2) is 22.0 Å². The second-order valence-corrected chi connectivity index (χ2v) is 3.70. The van der Waals surface area contributed by atoms with Gasteiger partial charge in [0, 0.05) is 23.9 Å². The van der Waals surface area contributed by atoms with E-state index in [-0.39, 0.29) is 0 Å². The summed E-state index contributed by atoms with van der Waals surface area (Å²) in [6.45, 7) is 0. The molecule has 2 aromatic heterocycles. The van der Waals surface area contributed by atoms with Crippen molar-refractivity contribution < 1.29 is 0 Å². The van der Waals surface area contributed by atoms with Crippen molar-refractivity contribution >= 4 is 21.7 Å². The van der Waals surface area contributed by atoms with Gasteiger partial charge in [0.15, 0.2) is 5.82 Å². The van der Waals surface area contributed by atoms with Crippen LogP contribution in [0.4, 0.5) is 5.82 Å². The minimum Gasteiger partial charge on any atom is -0.373 e. The first-order valence-electron chi connectivity index (χ1n) is 4.43. The molecule has 1 N–H and O–H groups in total. The Kier molecular flexibility index (Phi) is 2.91. The molecule has 2 rings (SSSR count). The summed E-state index contributed by atoms with van der Waals surface area (Å²) in [4.78, 5) is 12.7. The minimum atomic E-state index is 0.606. The van der Waals surface area contributed by atoms with Crippen molar-refractivity contribution in [2.24, 2.45) is 0 Å². The van der Waals surface area contributed by atoms with Gasteiger partial charge in [-0.25, -0.2) is 9.97 Å². The van der Waals surface area contributed by atoms with Gasteiger partial charge in [0.25, 0.3) is 0 Å². The first kappa shape index (κ1) is 10.0. The monoisotopic (exact) mass is 264 g/mol. The first-order chi connectivity index (χ1) is 7.31. The Bertz CT molecular complexity index is 472. The number of hydrogen-bond acceptors (Lipinski definition) is 4. The van der Waals surface area contributed by atoms with Gasteiger partial charge in [0.05, 0.1) is 0 Å². The molecular weight excluding hydrogens is 256 g/mol. The van der Waals surface area contributed by atoms with Crippen LogP contribution in [0.1, 0.15) is 0 Å². The summed E-state index contributed by atoms with van der Waals surface area (Å²) < 4.78 is 0.887. The predicted molar refractivity (Wildman–Crippen MR) is 62.5 cm³/mol. The molecule has 4 nitrogen and oxygen atoms in total. The zero-order chi connectivity index (χ0) is 10.7. The maximum absolute atomic E-state index is 4.31. The van der Waals surface area contributed by atoms with E-state index in [4.69, 9.17) is 0 Å². The van der Waals surface area contributed by atoms with Gasteiger partial charge in [-0.2, -0.15) is 0 Å². The zero-order valence-electron chi connectivity index (χ0n) is 8.11. The number of halogens is 1. The average Bonchev–Trinajstić information content (AvgIpc) is 2.30. The molecule has 0 fully saturated rings. The van der Waals surface area contributed by atoms with Crippen molar-refractivity contribution in [1.82, 2.24) is 15.0 Å². The molecule has 0 unspecified atom stereocenters. The Morgan fingerprint density at radius 1 is 1.20 bits per heavy atom. The molecule has 0 amide bonds. The van der Waals surface area contributed by atoms with Crippen molar-refractivity contribution in [2.45, 2.75) is 0 Å². The molecular formula is C10H9BrN4. The van der Waals surface area contributed by atoms with Crippen LogP contribution >= 0.6 is 15.9 Å². The lowest BCUT2D eigenvalue weighted by Gasteiger charge is -2.03. The van der Waals surface area contributed by atoms with Crippen LogP contribution in [-0.2, 0) is 0 Å². The largest absolute Gasteiger partial charge is 0.373 e. The summed E-state index contributed by atoms with van der Waals surface area (Å²) in [5.74, 6) is 1.38. The molecule has 0 aliphatic carbocycles. The van der Waals surface area contributed by atoms with Gasteiger partial charge in [-0.05, 0) is 34.1 Å². The molecule has 2 aromatic rings. The summed E-state index contributed by atoms with van der Waals surface area (Å²) >= 11 is 3.42. The second-order valence-electron chi connectivity index (χ2n) is 2.85. The van der Waals surface area contributed by atoms with E-state index in [1.807, 2.05) is 19.2 Å². The van der Waals surface area contributed by atoms with Crippen LogP contribution in [0.3, 0.4) is 0 Å². The molecule has 5 heteroatoms. The van der Waals surface area contributed by atoms with Crippen LogP contribution < -0.4 is 5.32 Å². The Hall–Kier alpha value is -1.49.